The molecule has 0 saturated carbocycles. The van der Waals surface area contributed by atoms with Gasteiger partial charge in [-0.2, -0.15) is 0 Å². The van der Waals surface area contributed by atoms with E-state index in [1.165, 1.54) is 23.1 Å². The minimum absolute atomic E-state index is 0.0159. The number of aliphatic imine (C=N–C) groups is 1. The number of carbonyl (C=O) groups is 6. The minimum Gasteiger partial charge on any atom is -0.479 e. The molecule has 3 aromatic rings. The number of nitrogens with zero attached hydrogens (tertiary/aromatic N) is 3. The summed E-state index contributed by atoms with van der Waals surface area (Å²) in [6.07, 6.45) is -4.97. The van der Waals surface area contributed by atoms with Gasteiger partial charge in [0.15, 0.2) is 12.3 Å². The molecule has 3 aromatic carbocycles. The number of aryl methyl sites for hydroxylation is 1. The van der Waals surface area contributed by atoms with Gasteiger partial charge in [0.25, 0.3) is 0 Å². The van der Waals surface area contributed by atoms with E-state index in [9.17, 15) is 54.3 Å². The van der Waals surface area contributed by atoms with Gasteiger partial charge in [-0.15, -0.1) is 0 Å². The van der Waals surface area contributed by atoms with Crippen molar-refractivity contribution >= 4 is 58.9 Å². The Morgan fingerprint density at radius 3 is 2.39 bits per heavy atom. The first-order valence-corrected chi connectivity index (χ1v) is 23.7. The standard InChI is InChI=1S/C51H62N6O14/c1-28-12-14-34-36(19-28)53-25-33-22-32(26-57(33)46(34)64)31-10-8-9-29(20-31)24-54-50(68)69-27-30-13-15-38(70-49-44(63)42(61)43(62)45(71-49)48(66)67)37(21-30)55-40(59)16-17-52-39(58)11-6-5-7-18-56-41(60)23-35(47(56)65)51(2,3)4/h8-10,12-15,19-21,25-26,33,35,42-46,49,61-64H,5-7,11,16-18,22-24,27H2,1-4H3,(H,52,58)(H,54,68)(H,55,59)(H,66,67)/t33-,35?,42-,43-,44?,45?,46?,49+/m0/s1. The van der Waals surface area contributed by atoms with Crippen molar-refractivity contribution in [3.63, 3.8) is 0 Å². The molecule has 20 heteroatoms. The Morgan fingerprint density at radius 1 is 0.859 bits per heavy atom. The number of likely N-dealkylation sites (tertiary alicyclic amines) is 1. The fraction of sp³-hybridized carbons (Fsp3) is 0.471. The van der Waals surface area contributed by atoms with Crippen molar-refractivity contribution in [3.8, 4) is 5.75 Å². The summed E-state index contributed by atoms with van der Waals surface area (Å²) in [7, 11) is 0. The molecule has 7 rings (SSSR count). The largest absolute Gasteiger partial charge is 0.479 e. The van der Waals surface area contributed by atoms with Gasteiger partial charge in [0, 0.05) is 56.9 Å². The molecule has 4 aliphatic rings. The van der Waals surface area contributed by atoms with Gasteiger partial charge in [0.2, 0.25) is 29.9 Å². The number of carboxylic acid groups (broad SMARTS) is 1. The van der Waals surface area contributed by atoms with Crippen LogP contribution in [-0.4, -0.2) is 127 Å². The Kier molecular flexibility index (Phi) is 16.6. The molecule has 4 heterocycles. The van der Waals surface area contributed by atoms with Gasteiger partial charge in [-0.25, -0.2) is 9.59 Å². The molecule has 2 saturated heterocycles. The Hall–Kier alpha value is -6.71. The second-order valence-corrected chi connectivity index (χ2v) is 19.4. The number of amides is 5. The molecule has 0 radical (unpaired) electrons. The lowest BCUT2D eigenvalue weighted by atomic mass is 9.80. The number of fused-ring (bicyclic) bond motifs is 2. The molecular formula is C51H62N6O14. The molecule has 71 heavy (non-hydrogen) atoms. The van der Waals surface area contributed by atoms with E-state index in [4.69, 9.17) is 14.2 Å². The maximum absolute atomic E-state index is 13.2. The molecule has 20 nitrogen and oxygen atoms in total. The first-order valence-electron chi connectivity index (χ1n) is 23.7. The third-order valence-corrected chi connectivity index (χ3v) is 13.0. The number of nitrogens with one attached hydrogen (secondary N) is 3. The van der Waals surface area contributed by atoms with E-state index in [0.717, 1.165) is 33.5 Å². The SMILES string of the molecule is Cc1ccc2c(c1)N=C[C@@H]1CC(c3cccc(CNC(=O)OCc4ccc(O[C@@H]5OC(C(=O)O)[C@@H](O)[C@H](O)C5O)c(NC(=O)CCNC(=O)CCCCCN5C(=O)CC(C(C)(C)C)C5=O)c4)c3)=CN1C2O. The highest BCUT2D eigenvalue weighted by Gasteiger charge is 2.48. The summed E-state index contributed by atoms with van der Waals surface area (Å²) in [5.74, 6) is -3.34. The highest BCUT2D eigenvalue weighted by Crippen LogP contribution is 2.40. The van der Waals surface area contributed by atoms with Gasteiger partial charge in [0.05, 0.1) is 23.3 Å². The van der Waals surface area contributed by atoms with Crippen LogP contribution in [0.1, 0.15) is 99.8 Å². The van der Waals surface area contributed by atoms with Crippen LogP contribution in [0, 0.1) is 18.3 Å². The normalized spacial score (nSPS) is 23.9. The van der Waals surface area contributed by atoms with Crippen molar-refractivity contribution in [1.82, 2.24) is 20.4 Å². The van der Waals surface area contributed by atoms with Crippen LogP contribution in [0.25, 0.3) is 5.57 Å². The van der Waals surface area contributed by atoms with Crippen LogP contribution < -0.4 is 20.7 Å². The summed E-state index contributed by atoms with van der Waals surface area (Å²) in [4.78, 5) is 83.6. The molecule has 8 N–H and O–H groups in total. The molecule has 0 aliphatic carbocycles. The summed E-state index contributed by atoms with van der Waals surface area (Å²) in [6.45, 7) is 7.87. The van der Waals surface area contributed by atoms with E-state index in [1.54, 1.807) is 0 Å². The second kappa shape index (κ2) is 22.6. The molecule has 5 amide bonds. The first-order chi connectivity index (χ1) is 33.8. The smallest absolute Gasteiger partial charge is 0.407 e. The summed E-state index contributed by atoms with van der Waals surface area (Å²) in [6, 6.07) is 17.5. The quantitative estimate of drug-likeness (QED) is 0.0662. The van der Waals surface area contributed by atoms with Crippen molar-refractivity contribution in [2.75, 3.05) is 18.4 Å². The van der Waals surface area contributed by atoms with Crippen molar-refractivity contribution < 1.29 is 68.5 Å². The Bertz CT molecular complexity index is 2560. The molecule has 8 atom stereocenters. The molecule has 380 valence electrons. The number of benzene rings is 3. The maximum atomic E-state index is 13.2. The molecule has 2 fully saturated rings. The van der Waals surface area contributed by atoms with Gasteiger partial charge in [0.1, 0.15) is 30.7 Å². The lowest BCUT2D eigenvalue weighted by Crippen LogP contribution is -2.61. The van der Waals surface area contributed by atoms with E-state index in [1.807, 2.05) is 87.5 Å². The summed E-state index contributed by atoms with van der Waals surface area (Å²) < 4.78 is 16.5. The lowest BCUT2D eigenvalue weighted by Gasteiger charge is -2.38. The minimum atomic E-state index is -1.97. The predicted molar refractivity (Wildman–Crippen MR) is 256 cm³/mol. The van der Waals surface area contributed by atoms with Gasteiger partial charge < -0.3 is 60.6 Å². The summed E-state index contributed by atoms with van der Waals surface area (Å²) in [5, 5.41) is 60.0. The molecule has 0 aromatic heterocycles. The number of aliphatic carboxylic acids is 1. The van der Waals surface area contributed by atoms with Crippen LogP contribution in [0.5, 0.6) is 5.75 Å². The zero-order valence-corrected chi connectivity index (χ0v) is 40.1. The monoisotopic (exact) mass is 982 g/mol. The number of hydrogen-bond donors (Lipinski definition) is 8. The molecular weight excluding hydrogens is 921 g/mol. The molecule has 0 bridgehead atoms. The third-order valence-electron chi connectivity index (χ3n) is 13.0. The van der Waals surface area contributed by atoms with Crippen molar-refractivity contribution in [2.24, 2.45) is 16.3 Å². The Labute approximate surface area is 410 Å². The van der Waals surface area contributed by atoms with Crippen LogP contribution in [0.2, 0.25) is 0 Å². The summed E-state index contributed by atoms with van der Waals surface area (Å²) >= 11 is 0. The number of carbonyl (C=O) groups excluding carboxylic acids is 5. The lowest BCUT2D eigenvalue weighted by molar-refractivity contribution is -0.271. The van der Waals surface area contributed by atoms with Crippen molar-refractivity contribution in [2.45, 2.75) is 129 Å². The van der Waals surface area contributed by atoms with Gasteiger partial charge in [-0.1, -0.05) is 63.6 Å². The number of aliphatic hydroxyl groups is 4. The van der Waals surface area contributed by atoms with Gasteiger partial charge in [-0.3, -0.25) is 29.1 Å². The van der Waals surface area contributed by atoms with E-state index >= 15 is 0 Å². The van der Waals surface area contributed by atoms with E-state index in [0.29, 0.717) is 37.8 Å². The van der Waals surface area contributed by atoms with Crippen LogP contribution in [0.3, 0.4) is 0 Å². The highest BCUT2D eigenvalue weighted by molar-refractivity contribution is 6.03. The number of alkyl carbamates (subject to hydrolysis) is 1. The number of hydrogen-bond acceptors (Lipinski definition) is 15. The first kappa shape index (κ1) is 52.1. The maximum Gasteiger partial charge on any atom is 0.407 e. The fourth-order valence-corrected chi connectivity index (χ4v) is 8.88. The average molecular weight is 983 g/mol. The number of unbranched alkanes of at least 4 members (excludes halogenated alkanes) is 2. The Balaban J connectivity index is 0.915. The van der Waals surface area contributed by atoms with Crippen LogP contribution in [0.4, 0.5) is 16.2 Å². The zero-order valence-electron chi connectivity index (χ0n) is 40.1. The topological polar surface area (TPSA) is 286 Å². The number of rotatable bonds is 18. The number of anilines is 1. The number of ether oxygens (including phenoxy) is 3. The molecule has 4 aliphatic heterocycles. The van der Waals surface area contributed by atoms with E-state index in [-0.39, 0.29) is 85.5 Å². The average Bonchev–Trinajstić information content (AvgIpc) is 3.86. The second-order valence-electron chi connectivity index (χ2n) is 19.4. The van der Waals surface area contributed by atoms with Gasteiger partial charge >= 0.3 is 12.1 Å². The van der Waals surface area contributed by atoms with Gasteiger partial charge in [-0.05, 0) is 83.7 Å². The third kappa shape index (κ3) is 12.8. The number of imide groups is 1. The predicted octanol–water partition coefficient (Wildman–Crippen LogP) is 3.94. The van der Waals surface area contributed by atoms with Crippen molar-refractivity contribution in [1.29, 1.82) is 0 Å². The van der Waals surface area contributed by atoms with E-state index in [2.05, 4.69) is 20.9 Å². The van der Waals surface area contributed by atoms with Crippen LogP contribution in [0.15, 0.2) is 71.9 Å². The van der Waals surface area contributed by atoms with E-state index < -0.39 is 54.9 Å². The fourth-order valence-electron chi connectivity index (χ4n) is 8.88. The molecule has 0 spiro atoms. The summed E-state index contributed by atoms with van der Waals surface area (Å²) in [5.41, 5.74) is 5.26. The number of aliphatic hydroxyl groups excluding tert-OH is 4. The number of carboxylic acids is 1. The highest BCUT2D eigenvalue weighted by atomic mass is 16.7. The zero-order chi connectivity index (χ0) is 51.1. The van der Waals surface area contributed by atoms with Crippen LogP contribution in [-0.2, 0) is 46.6 Å². The molecule has 4 unspecified atom stereocenters. The van der Waals surface area contributed by atoms with Crippen molar-refractivity contribution in [3.05, 3.63) is 94.7 Å². The Morgan fingerprint density at radius 2 is 1.65 bits per heavy atom. The van der Waals surface area contributed by atoms with Crippen LogP contribution >= 0.6 is 0 Å².